The molecule has 0 aromatic heterocycles. The Labute approximate surface area is 118 Å². The van der Waals surface area contributed by atoms with E-state index in [4.69, 9.17) is 33.7 Å². The molecule has 0 radical (unpaired) electrons. The smallest absolute Gasteiger partial charge is 0.353 e. The highest BCUT2D eigenvalue weighted by molar-refractivity contribution is 6.48. The molecular formula is C11H9Cl2N3O3. The van der Waals surface area contributed by atoms with Crippen molar-refractivity contribution >= 4 is 40.9 Å². The Morgan fingerprint density at radius 1 is 1.32 bits per heavy atom. The number of carbonyl (C=O) groups is 2. The Kier molecular flexibility index (Phi) is 3.82. The van der Waals surface area contributed by atoms with Crippen LogP contribution in [-0.4, -0.2) is 18.2 Å². The zero-order chi connectivity index (χ0) is 14.0. The van der Waals surface area contributed by atoms with Crippen LogP contribution < -0.4 is 16.2 Å². The van der Waals surface area contributed by atoms with Crippen molar-refractivity contribution in [3.63, 3.8) is 0 Å². The maximum absolute atomic E-state index is 11.3. The Hall–Kier alpha value is -1.92. The van der Waals surface area contributed by atoms with Gasteiger partial charge in [0.25, 0.3) is 0 Å². The summed E-state index contributed by atoms with van der Waals surface area (Å²) in [6, 6.07) is 7.80. The topological polar surface area (TPSA) is 84.7 Å². The van der Waals surface area contributed by atoms with Crippen molar-refractivity contribution in [3.05, 3.63) is 40.4 Å². The molecule has 1 heterocycles. The standard InChI is InChI=1S/C11H9Cl2N3O3/c12-7-8(13)10(17)19-9(7)16(15-11(14)18)6-4-2-1-3-5-6/h1-5,9H,(H3,14,15,18)/t9-/m1/s1. The van der Waals surface area contributed by atoms with Gasteiger partial charge in [-0.15, -0.1) is 0 Å². The fourth-order valence-electron chi connectivity index (χ4n) is 1.54. The SMILES string of the molecule is NC(=O)NN(c1ccccc1)[C@@H]1OC(=O)C(Cl)=C1Cl. The van der Waals surface area contributed by atoms with Crippen molar-refractivity contribution in [3.8, 4) is 0 Å². The van der Waals surface area contributed by atoms with Gasteiger partial charge in [-0.3, -0.25) is 0 Å². The predicted molar refractivity (Wildman–Crippen MR) is 70.3 cm³/mol. The Morgan fingerprint density at radius 2 is 1.95 bits per heavy atom. The van der Waals surface area contributed by atoms with Crippen LogP contribution in [0.2, 0.25) is 0 Å². The number of primary amides is 1. The number of amides is 2. The third kappa shape index (κ3) is 2.74. The van der Waals surface area contributed by atoms with Crippen molar-refractivity contribution in [2.24, 2.45) is 5.73 Å². The van der Waals surface area contributed by atoms with E-state index in [-0.39, 0.29) is 10.1 Å². The number of hydrogen-bond donors (Lipinski definition) is 2. The van der Waals surface area contributed by atoms with E-state index in [1.807, 2.05) is 0 Å². The molecule has 0 saturated carbocycles. The lowest BCUT2D eigenvalue weighted by Crippen LogP contribution is -2.51. The zero-order valence-electron chi connectivity index (χ0n) is 9.47. The summed E-state index contributed by atoms with van der Waals surface area (Å²) in [6.45, 7) is 0. The fraction of sp³-hybridized carbons (Fsp3) is 0.0909. The van der Waals surface area contributed by atoms with Crippen LogP contribution in [-0.2, 0) is 9.53 Å². The second-order valence-electron chi connectivity index (χ2n) is 3.60. The first-order chi connectivity index (χ1) is 9.00. The summed E-state index contributed by atoms with van der Waals surface area (Å²) in [5.74, 6) is -0.760. The molecular weight excluding hydrogens is 293 g/mol. The summed E-state index contributed by atoms with van der Waals surface area (Å²) >= 11 is 11.6. The number of nitrogens with zero attached hydrogens (tertiary/aromatic N) is 1. The number of esters is 1. The average Bonchev–Trinajstić information content (AvgIpc) is 2.64. The van der Waals surface area contributed by atoms with Crippen LogP contribution in [0.15, 0.2) is 40.4 Å². The van der Waals surface area contributed by atoms with Crippen molar-refractivity contribution in [2.45, 2.75) is 6.23 Å². The molecule has 2 amide bonds. The molecule has 3 N–H and O–H groups in total. The number of urea groups is 1. The number of halogens is 2. The van der Waals surface area contributed by atoms with Gasteiger partial charge in [-0.1, -0.05) is 41.4 Å². The summed E-state index contributed by atoms with van der Waals surface area (Å²) in [7, 11) is 0. The normalized spacial score (nSPS) is 18.2. The Balaban J connectivity index is 2.35. The molecule has 2 rings (SSSR count). The van der Waals surface area contributed by atoms with Crippen molar-refractivity contribution < 1.29 is 14.3 Å². The molecule has 100 valence electrons. The highest BCUT2D eigenvalue weighted by Gasteiger charge is 2.37. The summed E-state index contributed by atoms with van der Waals surface area (Å²) < 4.78 is 4.98. The molecule has 0 unspecified atom stereocenters. The van der Waals surface area contributed by atoms with Gasteiger partial charge >= 0.3 is 12.0 Å². The van der Waals surface area contributed by atoms with Crippen LogP contribution in [0, 0.1) is 0 Å². The molecule has 0 aliphatic carbocycles. The molecule has 1 aliphatic rings. The van der Waals surface area contributed by atoms with E-state index >= 15 is 0 Å². The third-order valence-corrected chi connectivity index (χ3v) is 3.15. The maximum atomic E-state index is 11.3. The van der Waals surface area contributed by atoms with Crippen LogP contribution in [0.4, 0.5) is 10.5 Å². The lowest BCUT2D eigenvalue weighted by atomic mass is 10.3. The quantitative estimate of drug-likeness (QED) is 0.657. The molecule has 0 fully saturated rings. The average molecular weight is 302 g/mol. The largest absolute Gasteiger partial charge is 0.430 e. The number of para-hydroxylation sites is 1. The highest BCUT2D eigenvalue weighted by atomic mass is 35.5. The number of benzene rings is 1. The lowest BCUT2D eigenvalue weighted by molar-refractivity contribution is -0.139. The summed E-state index contributed by atoms with van der Waals surface area (Å²) in [4.78, 5) is 22.4. The highest BCUT2D eigenvalue weighted by Crippen LogP contribution is 2.32. The number of anilines is 1. The van der Waals surface area contributed by atoms with Crippen LogP contribution >= 0.6 is 23.2 Å². The number of hydrogen-bond acceptors (Lipinski definition) is 4. The van der Waals surface area contributed by atoms with E-state index in [1.165, 1.54) is 5.01 Å². The third-order valence-electron chi connectivity index (χ3n) is 2.32. The van der Waals surface area contributed by atoms with Crippen LogP contribution in [0.3, 0.4) is 0 Å². The van der Waals surface area contributed by atoms with E-state index in [9.17, 15) is 9.59 Å². The first-order valence-corrected chi connectivity index (χ1v) is 5.93. The molecule has 0 spiro atoms. The van der Waals surface area contributed by atoms with Crippen molar-refractivity contribution in [1.82, 2.24) is 5.43 Å². The van der Waals surface area contributed by atoms with Crippen LogP contribution in [0.25, 0.3) is 0 Å². The second-order valence-corrected chi connectivity index (χ2v) is 4.39. The van der Waals surface area contributed by atoms with Crippen molar-refractivity contribution in [1.29, 1.82) is 0 Å². The van der Waals surface area contributed by atoms with E-state index < -0.39 is 18.2 Å². The van der Waals surface area contributed by atoms with Gasteiger partial charge in [0.15, 0.2) is 0 Å². The summed E-state index contributed by atoms with van der Waals surface area (Å²) in [5, 5.41) is 0.973. The van der Waals surface area contributed by atoms with Gasteiger partial charge in [-0.25, -0.2) is 20.0 Å². The monoisotopic (exact) mass is 301 g/mol. The first kappa shape index (κ1) is 13.5. The number of rotatable bonds is 3. The molecule has 19 heavy (non-hydrogen) atoms. The van der Waals surface area contributed by atoms with Crippen molar-refractivity contribution in [2.75, 3.05) is 5.01 Å². The summed E-state index contributed by atoms with van der Waals surface area (Å²) in [6.07, 6.45) is -1.04. The Morgan fingerprint density at radius 3 is 2.42 bits per heavy atom. The maximum Gasteiger partial charge on any atom is 0.353 e. The molecule has 0 bridgehead atoms. The molecule has 1 aromatic carbocycles. The zero-order valence-corrected chi connectivity index (χ0v) is 11.0. The van der Waals surface area contributed by atoms with Gasteiger partial charge in [0, 0.05) is 0 Å². The van der Waals surface area contributed by atoms with E-state index in [0.29, 0.717) is 5.69 Å². The minimum atomic E-state index is -1.04. The van der Waals surface area contributed by atoms with Gasteiger partial charge in [-0.2, -0.15) is 0 Å². The number of ether oxygens (including phenoxy) is 1. The number of carbonyl (C=O) groups excluding carboxylic acids is 2. The summed E-state index contributed by atoms with van der Waals surface area (Å²) in [5.41, 5.74) is 7.95. The fourth-order valence-corrected chi connectivity index (χ4v) is 1.90. The minimum Gasteiger partial charge on any atom is -0.430 e. The van der Waals surface area contributed by atoms with E-state index in [2.05, 4.69) is 5.43 Å². The molecule has 1 aromatic rings. The molecule has 1 atom stereocenters. The number of hydrazine groups is 1. The van der Waals surface area contributed by atoms with E-state index in [1.54, 1.807) is 30.3 Å². The second kappa shape index (κ2) is 5.38. The van der Waals surface area contributed by atoms with Gasteiger partial charge in [0.2, 0.25) is 6.23 Å². The van der Waals surface area contributed by atoms with Gasteiger partial charge in [0.1, 0.15) is 10.1 Å². The number of cyclic esters (lactones) is 1. The Bertz CT molecular complexity index is 547. The molecule has 8 heteroatoms. The van der Waals surface area contributed by atoms with Gasteiger partial charge in [0.05, 0.1) is 5.69 Å². The minimum absolute atomic E-state index is 0.0238. The molecule has 1 aliphatic heterocycles. The van der Waals surface area contributed by atoms with Crippen LogP contribution in [0.5, 0.6) is 0 Å². The van der Waals surface area contributed by atoms with Gasteiger partial charge < -0.3 is 10.5 Å². The number of nitrogens with two attached hydrogens (primary N) is 1. The van der Waals surface area contributed by atoms with E-state index in [0.717, 1.165) is 0 Å². The molecule has 6 nitrogen and oxygen atoms in total. The number of nitrogens with one attached hydrogen (secondary N) is 1. The van der Waals surface area contributed by atoms with Crippen LogP contribution in [0.1, 0.15) is 0 Å². The molecule has 0 saturated heterocycles. The first-order valence-electron chi connectivity index (χ1n) is 5.17. The van der Waals surface area contributed by atoms with Gasteiger partial charge in [-0.05, 0) is 12.1 Å². The predicted octanol–water partition coefficient (Wildman–Crippen LogP) is 1.65. The lowest BCUT2D eigenvalue weighted by Gasteiger charge is -2.29.